The molecule has 0 bridgehead atoms. The van der Waals surface area contributed by atoms with E-state index in [2.05, 4.69) is 11.4 Å². The Morgan fingerprint density at radius 2 is 2.12 bits per heavy atom. The molecule has 0 spiro atoms. The highest BCUT2D eigenvalue weighted by Gasteiger charge is 2.32. The molecule has 1 fully saturated rings. The van der Waals surface area contributed by atoms with E-state index in [4.69, 9.17) is 11.6 Å². The van der Waals surface area contributed by atoms with Crippen molar-refractivity contribution in [3.05, 3.63) is 34.6 Å². The van der Waals surface area contributed by atoms with Gasteiger partial charge in [-0.1, -0.05) is 17.7 Å². The van der Waals surface area contributed by atoms with E-state index in [1.165, 1.54) is 6.07 Å². The highest BCUT2D eigenvalue weighted by molar-refractivity contribution is 6.30. The zero-order chi connectivity index (χ0) is 12.3. The molecule has 0 amide bonds. The van der Waals surface area contributed by atoms with Crippen LogP contribution in [0.3, 0.4) is 0 Å². The normalized spacial score (nSPS) is 18.6. The highest BCUT2D eigenvalue weighted by Crippen LogP contribution is 2.33. The molecule has 90 valence electrons. The lowest BCUT2D eigenvalue weighted by Gasteiger charge is -2.31. The summed E-state index contributed by atoms with van der Waals surface area (Å²) in [4.78, 5) is 0. The number of hydrogen-bond donors (Lipinski definition) is 1. The lowest BCUT2D eigenvalue weighted by Crippen LogP contribution is -2.37. The smallest absolute Gasteiger partial charge is 0.127 e. The Morgan fingerprint density at radius 3 is 2.71 bits per heavy atom. The Morgan fingerprint density at radius 1 is 1.41 bits per heavy atom. The van der Waals surface area contributed by atoms with Gasteiger partial charge in [0.2, 0.25) is 0 Å². The van der Waals surface area contributed by atoms with E-state index >= 15 is 0 Å². The SMILES string of the molecule is N#CC1(Cc2ccc(Cl)cc2F)CCNCC1. The molecule has 0 unspecified atom stereocenters. The van der Waals surface area contributed by atoms with Crippen molar-refractivity contribution in [1.82, 2.24) is 5.32 Å². The Bertz CT molecular complexity index is 447. The van der Waals surface area contributed by atoms with Crippen LogP contribution in [0, 0.1) is 22.6 Å². The maximum Gasteiger partial charge on any atom is 0.127 e. The Hall–Kier alpha value is -1.11. The zero-order valence-electron chi connectivity index (χ0n) is 9.47. The summed E-state index contributed by atoms with van der Waals surface area (Å²) >= 11 is 5.71. The Balaban J connectivity index is 2.21. The molecule has 1 aromatic carbocycles. The highest BCUT2D eigenvalue weighted by atomic mass is 35.5. The van der Waals surface area contributed by atoms with Gasteiger partial charge >= 0.3 is 0 Å². The van der Waals surface area contributed by atoms with Crippen molar-refractivity contribution in [3.63, 3.8) is 0 Å². The first kappa shape index (κ1) is 12.3. The van der Waals surface area contributed by atoms with E-state index in [1.807, 2.05) is 0 Å². The fraction of sp³-hybridized carbons (Fsp3) is 0.462. The number of rotatable bonds is 2. The van der Waals surface area contributed by atoms with Gasteiger partial charge in [0.15, 0.2) is 0 Å². The van der Waals surface area contributed by atoms with Gasteiger partial charge in [-0.25, -0.2) is 4.39 Å². The number of halogens is 2. The molecule has 0 aromatic heterocycles. The van der Waals surface area contributed by atoms with Gasteiger partial charge in [-0.2, -0.15) is 5.26 Å². The van der Waals surface area contributed by atoms with Gasteiger partial charge in [-0.05, 0) is 50.0 Å². The number of nitrogens with zero attached hydrogens (tertiary/aromatic N) is 1. The molecule has 2 nitrogen and oxygen atoms in total. The Kier molecular flexibility index (Phi) is 3.66. The number of piperidine rings is 1. The van der Waals surface area contributed by atoms with Crippen LogP contribution in [0.4, 0.5) is 4.39 Å². The predicted molar refractivity (Wildman–Crippen MR) is 65.3 cm³/mol. The maximum atomic E-state index is 13.7. The summed E-state index contributed by atoms with van der Waals surface area (Å²) in [6.07, 6.45) is 2.01. The van der Waals surface area contributed by atoms with Crippen molar-refractivity contribution >= 4 is 11.6 Å². The number of nitrogens with one attached hydrogen (secondary N) is 1. The summed E-state index contributed by atoms with van der Waals surface area (Å²) < 4.78 is 13.7. The second-order valence-electron chi connectivity index (χ2n) is 4.55. The third kappa shape index (κ3) is 2.77. The van der Waals surface area contributed by atoms with Crippen LogP contribution in [0.15, 0.2) is 18.2 Å². The lowest BCUT2D eigenvalue weighted by atomic mass is 9.75. The van der Waals surface area contributed by atoms with Gasteiger partial charge < -0.3 is 5.32 Å². The molecule has 1 N–H and O–H groups in total. The van der Waals surface area contributed by atoms with Crippen LogP contribution >= 0.6 is 11.6 Å². The lowest BCUT2D eigenvalue weighted by molar-refractivity contribution is 0.277. The average molecular weight is 253 g/mol. The van der Waals surface area contributed by atoms with Crippen LogP contribution in [0.2, 0.25) is 5.02 Å². The van der Waals surface area contributed by atoms with E-state index in [9.17, 15) is 9.65 Å². The molecule has 0 radical (unpaired) electrons. The van der Waals surface area contributed by atoms with Crippen molar-refractivity contribution in [1.29, 1.82) is 5.26 Å². The quantitative estimate of drug-likeness (QED) is 0.879. The minimum atomic E-state index is -0.431. The molecule has 1 aromatic rings. The fourth-order valence-electron chi connectivity index (χ4n) is 2.26. The number of hydrogen-bond acceptors (Lipinski definition) is 2. The minimum absolute atomic E-state index is 0.314. The summed E-state index contributed by atoms with van der Waals surface area (Å²) in [5, 5.41) is 12.9. The van der Waals surface area contributed by atoms with Crippen LogP contribution in [-0.4, -0.2) is 13.1 Å². The van der Waals surface area contributed by atoms with Crippen LogP contribution in [-0.2, 0) is 6.42 Å². The standard InChI is InChI=1S/C13H14ClFN2/c14-11-2-1-10(12(15)7-11)8-13(9-16)3-5-17-6-4-13/h1-2,7,17H,3-6,8H2. The largest absolute Gasteiger partial charge is 0.317 e. The van der Waals surface area contributed by atoms with Crippen molar-refractivity contribution in [2.45, 2.75) is 19.3 Å². The molecule has 0 atom stereocenters. The molecule has 1 heterocycles. The first-order valence-electron chi connectivity index (χ1n) is 5.71. The van der Waals surface area contributed by atoms with E-state index in [-0.39, 0.29) is 5.82 Å². The van der Waals surface area contributed by atoms with E-state index < -0.39 is 5.41 Å². The second kappa shape index (κ2) is 5.03. The van der Waals surface area contributed by atoms with Gasteiger partial charge in [-0.3, -0.25) is 0 Å². The molecule has 2 rings (SSSR count). The summed E-state index contributed by atoms with van der Waals surface area (Å²) in [7, 11) is 0. The monoisotopic (exact) mass is 252 g/mol. The molecular formula is C13H14ClFN2. The summed E-state index contributed by atoms with van der Waals surface area (Å²) in [6.45, 7) is 1.64. The van der Waals surface area contributed by atoms with Gasteiger partial charge in [0.1, 0.15) is 5.82 Å². The third-order valence-corrected chi connectivity index (χ3v) is 3.58. The van der Waals surface area contributed by atoms with Crippen LogP contribution in [0.25, 0.3) is 0 Å². The average Bonchev–Trinajstić information content (AvgIpc) is 2.34. The van der Waals surface area contributed by atoms with Crippen molar-refractivity contribution < 1.29 is 4.39 Å². The summed E-state index contributed by atoms with van der Waals surface area (Å²) in [6, 6.07) is 7.03. The van der Waals surface area contributed by atoms with Crippen molar-refractivity contribution in [3.8, 4) is 6.07 Å². The summed E-state index contributed by atoms with van der Waals surface area (Å²) in [5.41, 5.74) is 0.151. The first-order valence-corrected chi connectivity index (χ1v) is 6.09. The van der Waals surface area contributed by atoms with Crippen molar-refractivity contribution in [2.75, 3.05) is 13.1 Å². The van der Waals surface area contributed by atoms with Gasteiger partial charge in [0, 0.05) is 5.02 Å². The first-order chi connectivity index (χ1) is 8.15. The third-order valence-electron chi connectivity index (χ3n) is 3.34. The molecule has 1 aliphatic heterocycles. The molecule has 0 saturated carbocycles. The molecular weight excluding hydrogens is 239 g/mol. The van der Waals surface area contributed by atoms with E-state index in [1.54, 1.807) is 12.1 Å². The molecule has 17 heavy (non-hydrogen) atoms. The van der Waals surface area contributed by atoms with E-state index in [0.717, 1.165) is 25.9 Å². The van der Waals surface area contributed by atoms with Crippen LogP contribution in [0.5, 0.6) is 0 Å². The van der Waals surface area contributed by atoms with Crippen molar-refractivity contribution in [2.24, 2.45) is 5.41 Å². The van der Waals surface area contributed by atoms with Gasteiger partial charge in [0.05, 0.1) is 11.5 Å². The number of benzene rings is 1. The second-order valence-corrected chi connectivity index (χ2v) is 4.99. The Labute approximate surface area is 105 Å². The number of nitriles is 1. The van der Waals surface area contributed by atoms with Gasteiger partial charge in [0.25, 0.3) is 0 Å². The fourth-order valence-corrected chi connectivity index (χ4v) is 2.42. The zero-order valence-corrected chi connectivity index (χ0v) is 10.2. The van der Waals surface area contributed by atoms with E-state index in [0.29, 0.717) is 17.0 Å². The minimum Gasteiger partial charge on any atom is -0.317 e. The predicted octanol–water partition coefficient (Wildman–Crippen LogP) is 2.91. The van der Waals surface area contributed by atoms with Crippen LogP contribution in [0.1, 0.15) is 18.4 Å². The molecule has 1 aliphatic rings. The topological polar surface area (TPSA) is 35.8 Å². The molecule has 4 heteroatoms. The molecule has 0 aliphatic carbocycles. The van der Waals surface area contributed by atoms with Gasteiger partial charge in [-0.15, -0.1) is 0 Å². The molecule has 1 saturated heterocycles. The summed E-state index contributed by atoms with van der Waals surface area (Å²) in [5.74, 6) is -0.314. The maximum absolute atomic E-state index is 13.7. The van der Waals surface area contributed by atoms with Crippen LogP contribution < -0.4 is 5.32 Å².